The van der Waals surface area contributed by atoms with E-state index in [-0.39, 0.29) is 5.82 Å². The summed E-state index contributed by atoms with van der Waals surface area (Å²) in [6.45, 7) is 1.54. The van der Waals surface area contributed by atoms with E-state index in [9.17, 15) is 4.39 Å². The van der Waals surface area contributed by atoms with Gasteiger partial charge in [0.25, 0.3) is 0 Å². The minimum atomic E-state index is -0.259. The van der Waals surface area contributed by atoms with Crippen molar-refractivity contribution in [3.8, 4) is 5.75 Å². The van der Waals surface area contributed by atoms with Crippen molar-refractivity contribution >= 4 is 22.7 Å². The molecule has 0 amide bonds. The Morgan fingerprint density at radius 3 is 1.89 bits per heavy atom. The number of hydrogen-bond donors (Lipinski definition) is 0. The second-order valence-electron chi connectivity index (χ2n) is 8.08. The lowest BCUT2D eigenvalue weighted by Gasteiger charge is -2.17. The van der Waals surface area contributed by atoms with Crippen molar-refractivity contribution in [3.05, 3.63) is 137 Å². The van der Waals surface area contributed by atoms with Crippen molar-refractivity contribution in [3.63, 3.8) is 0 Å². The van der Waals surface area contributed by atoms with Crippen molar-refractivity contribution in [2.24, 2.45) is 0 Å². The van der Waals surface area contributed by atoms with E-state index >= 15 is 0 Å². The second-order valence-corrected chi connectivity index (χ2v) is 8.45. The Morgan fingerprint density at radius 1 is 0.657 bits per heavy atom. The maximum atomic E-state index is 13.7. The SMILES string of the molecule is Fc1ccc(/C(=C(\CCCl)c2ccccc2)c2ccc(OCCOCc3ccccc3)cc2)cc1. The van der Waals surface area contributed by atoms with Gasteiger partial charge < -0.3 is 9.47 Å². The summed E-state index contributed by atoms with van der Waals surface area (Å²) >= 11 is 6.21. The molecular formula is C31H28ClFO2. The van der Waals surface area contributed by atoms with Crippen LogP contribution in [0, 0.1) is 5.82 Å². The van der Waals surface area contributed by atoms with Gasteiger partial charge in [-0.1, -0.05) is 84.9 Å². The molecule has 0 aliphatic heterocycles. The van der Waals surface area contributed by atoms with Crippen molar-refractivity contribution < 1.29 is 13.9 Å². The van der Waals surface area contributed by atoms with Crippen LogP contribution in [-0.4, -0.2) is 19.1 Å². The van der Waals surface area contributed by atoms with E-state index < -0.39 is 0 Å². The first-order valence-electron chi connectivity index (χ1n) is 11.7. The van der Waals surface area contributed by atoms with Gasteiger partial charge in [0.15, 0.2) is 0 Å². The average Bonchev–Trinajstić information content (AvgIpc) is 2.91. The molecule has 0 aliphatic carbocycles. The zero-order chi connectivity index (χ0) is 24.3. The summed E-state index contributed by atoms with van der Waals surface area (Å²) in [6.07, 6.45) is 0.690. The number of alkyl halides is 1. The Bertz CT molecular complexity index is 1200. The number of allylic oxidation sites excluding steroid dienone is 1. The largest absolute Gasteiger partial charge is 0.491 e. The fraction of sp³-hybridized carbons (Fsp3) is 0.161. The molecule has 0 N–H and O–H groups in total. The van der Waals surface area contributed by atoms with Crippen LogP contribution < -0.4 is 4.74 Å². The smallest absolute Gasteiger partial charge is 0.123 e. The minimum absolute atomic E-state index is 0.259. The van der Waals surface area contributed by atoms with Crippen LogP contribution in [0.1, 0.15) is 28.7 Å². The van der Waals surface area contributed by atoms with E-state index in [4.69, 9.17) is 21.1 Å². The summed E-state index contributed by atoms with van der Waals surface area (Å²) in [6, 6.07) is 34.9. The summed E-state index contributed by atoms with van der Waals surface area (Å²) in [5.74, 6) is 0.998. The van der Waals surface area contributed by atoms with Crippen LogP contribution in [0.5, 0.6) is 5.75 Å². The zero-order valence-electron chi connectivity index (χ0n) is 19.5. The Morgan fingerprint density at radius 2 is 1.26 bits per heavy atom. The lowest BCUT2D eigenvalue weighted by atomic mass is 9.88. The third-order valence-electron chi connectivity index (χ3n) is 5.65. The molecule has 4 heteroatoms. The molecule has 0 fully saturated rings. The maximum Gasteiger partial charge on any atom is 0.123 e. The molecule has 0 saturated carbocycles. The Balaban J connectivity index is 1.52. The van der Waals surface area contributed by atoms with Crippen LogP contribution >= 0.6 is 11.6 Å². The molecule has 0 aliphatic rings. The number of ether oxygens (including phenoxy) is 2. The number of benzene rings is 4. The molecule has 4 aromatic carbocycles. The molecular weight excluding hydrogens is 459 g/mol. The first-order valence-corrected chi connectivity index (χ1v) is 12.2. The second kappa shape index (κ2) is 12.9. The molecule has 0 radical (unpaired) electrons. The first-order chi connectivity index (χ1) is 17.2. The van der Waals surface area contributed by atoms with Crippen molar-refractivity contribution in [2.75, 3.05) is 19.1 Å². The first kappa shape index (κ1) is 24.7. The van der Waals surface area contributed by atoms with Gasteiger partial charge >= 0.3 is 0 Å². The van der Waals surface area contributed by atoms with E-state index in [2.05, 4.69) is 12.1 Å². The van der Waals surface area contributed by atoms with Gasteiger partial charge in [-0.2, -0.15) is 0 Å². The molecule has 0 unspecified atom stereocenters. The molecule has 0 atom stereocenters. The Labute approximate surface area is 211 Å². The molecule has 0 saturated heterocycles. The predicted octanol–water partition coefficient (Wildman–Crippen LogP) is 8.01. The van der Waals surface area contributed by atoms with Crippen molar-refractivity contribution in [1.29, 1.82) is 0 Å². The molecule has 0 heterocycles. The van der Waals surface area contributed by atoms with Gasteiger partial charge in [0, 0.05) is 5.88 Å². The fourth-order valence-electron chi connectivity index (χ4n) is 3.98. The van der Waals surface area contributed by atoms with Gasteiger partial charge in [-0.15, -0.1) is 11.6 Å². The molecule has 35 heavy (non-hydrogen) atoms. The molecule has 0 spiro atoms. The number of hydrogen-bond acceptors (Lipinski definition) is 2. The van der Waals surface area contributed by atoms with Crippen molar-refractivity contribution in [2.45, 2.75) is 13.0 Å². The quantitative estimate of drug-likeness (QED) is 0.121. The highest BCUT2D eigenvalue weighted by molar-refractivity contribution is 6.18. The van der Waals surface area contributed by atoms with E-state index in [0.29, 0.717) is 32.1 Å². The number of rotatable bonds is 11. The van der Waals surface area contributed by atoms with Gasteiger partial charge in [-0.05, 0) is 64.1 Å². The zero-order valence-corrected chi connectivity index (χ0v) is 20.3. The van der Waals surface area contributed by atoms with Crippen LogP contribution in [0.3, 0.4) is 0 Å². The highest BCUT2D eigenvalue weighted by Crippen LogP contribution is 2.35. The summed E-state index contributed by atoms with van der Waals surface area (Å²) in [4.78, 5) is 0. The van der Waals surface area contributed by atoms with Gasteiger partial charge in [0.05, 0.1) is 13.2 Å². The topological polar surface area (TPSA) is 18.5 Å². The lowest BCUT2D eigenvalue weighted by molar-refractivity contribution is 0.0889. The normalized spacial score (nSPS) is 11.7. The van der Waals surface area contributed by atoms with E-state index in [1.165, 1.54) is 12.1 Å². The maximum absolute atomic E-state index is 13.7. The summed E-state index contributed by atoms with van der Waals surface area (Å²) in [5.41, 5.74) is 6.36. The van der Waals surface area contributed by atoms with Gasteiger partial charge in [-0.3, -0.25) is 0 Å². The monoisotopic (exact) mass is 486 g/mol. The third-order valence-corrected chi connectivity index (χ3v) is 5.84. The molecule has 178 valence electrons. The molecule has 2 nitrogen and oxygen atoms in total. The van der Waals surface area contributed by atoms with E-state index in [1.54, 1.807) is 0 Å². The van der Waals surface area contributed by atoms with Crippen LogP contribution in [0.25, 0.3) is 11.1 Å². The molecule has 0 aromatic heterocycles. The molecule has 0 bridgehead atoms. The van der Waals surface area contributed by atoms with Crippen LogP contribution in [0.4, 0.5) is 4.39 Å². The van der Waals surface area contributed by atoms with Crippen LogP contribution in [-0.2, 0) is 11.3 Å². The standard InChI is InChI=1S/C31H28ClFO2/c32-20-19-30(25-9-5-2-6-10-25)31(26-11-15-28(33)16-12-26)27-13-17-29(18-14-27)35-22-21-34-23-24-7-3-1-4-8-24/h1-18H,19-23H2/b31-30-. The average molecular weight is 487 g/mol. The molecule has 4 aromatic rings. The Hall–Kier alpha value is -3.40. The third kappa shape index (κ3) is 7.05. The lowest BCUT2D eigenvalue weighted by Crippen LogP contribution is -2.06. The summed E-state index contributed by atoms with van der Waals surface area (Å²) in [7, 11) is 0. The minimum Gasteiger partial charge on any atom is -0.491 e. The van der Waals surface area contributed by atoms with Gasteiger partial charge in [-0.25, -0.2) is 4.39 Å². The highest BCUT2D eigenvalue weighted by Gasteiger charge is 2.14. The predicted molar refractivity (Wildman–Crippen MR) is 142 cm³/mol. The van der Waals surface area contributed by atoms with Crippen LogP contribution in [0.15, 0.2) is 109 Å². The fourth-order valence-corrected chi connectivity index (χ4v) is 4.17. The molecule has 4 rings (SSSR count). The Kier molecular flexibility index (Phi) is 9.11. The van der Waals surface area contributed by atoms with Crippen molar-refractivity contribution in [1.82, 2.24) is 0 Å². The van der Waals surface area contributed by atoms with Gasteiger partial charge in [0.1, 0.15) is 18.2 Å². The highest BCUT2D eigenvalue weighted by atomic mass is 35.5. The van der Waals surface area contributed by atoms with E-state index in [1.807, 2.05) is 84.9 Å². The van der Waals surface area contributed by atoms with Crippen LogP contribution in [0.2, 0.25) is 0 Å². The summed E-state index contributed by atoms with van der Waals surface area (Å²) < 4.78 is 25.3. The summed E-state index contributed by atoms with van der Waals surface area (Å²) in [5, 5.41) is 0. The van der Waals surface area contributed by atoms with E-state index in [0.717, 1.165) is 39.1 Å². The van der Waals surface area contributed by atoms with Gasteiger partial charge in [0.2, 0.25) is 0 Å². The number of halogens is 2.